The highest BCUT2D eigenvalue weighted by atomic mass is 32.2. The molecule has 186 valence electrons. The number of hydrogen-bond donors (Lipinski definition) is 1. The van der Waals surface area contributed by atoms with Gasteiger partial charge in [0.25, 0.3) is 0 Å². The molecule has 0 aliphatic heterocycles. The zero-order valence-corrected chi connectivity index (χ0v) is 21.2. The highest BCUT2D eigenvalue weighted by Crippen LogP contribution is 2.22. The molecule has 0 bridgehead atoms. The van der Waals surface area contributed by atoms with Crippen LogP contribution in [-0.4, -0.2) is 50.0 Å². The van der Waals surface area contributed by atoms with E-state index >= 15 is 0 Å². The van der Waals surface area contributed by atoms with Crippen molar-refractivity contribution in [2.45, 2.75) is 59.2 Å². The fraction of sp³-hybridized carbons (Fsp3) is 0.440. The average Bonchev–Trinajstić information content (AvgIpc) is 2.77. The number of nitrogens with zero attached hydrogens (tertiary/aromatic N) is 2. The van der Waals surface area contributed by atoms with Gasteiger partial charge in [0.05, 0.1) is 11.9 Å². The minimum Gasteiger partial charge on any atom is -0.352 e. The third kappa shape index (κ3) is 7.28. The van der Waals surface area contributed by atoms with Crippen LogP contribution in [0.15, 0.2) is 48.5 Å². The number of hydrogen-bond acceptors (Lipinski definition) is 4. The van der Waals surface area contributed by atoms with Crippen LogP contribution in [0.3, 0.4) is 0 Å². The quantitative estimate of drug-likeness (QED) is 0.520. The first-order chi connectivity index (χ1) is 16.0. The van der Waals surface area contributed by atoms with E-state index in [4.69, 9.17) is 0 Å². The van der Waals surface area contributed by atoms with Gasteiger partial charge in [0.1, 0.15) is 18.4 Å². The molecule has 2 aromatic rings. The van der Waals surface area contributed by atoms with E-state index in [1.54, 1.807) is 6.92 Å². The molecule has 2 amide bonds. The summed E-state index contributed by atoms with van der Waals surface area (Å²) in [6.07, 6.45) is 1.98. The molecule has 9 heteroatoms. The molecule has 34 heavy (non-hydrogen) atoms. The smallest absolute Gasteiger partial charge is 0.244 e. The number of rotatable bonds is 11. The third-order valence-corrected chi connectivity index (χ3v) is 6.75. The van der Waals surface area contributed by atoms with Crippen molar-refractivity contribution in [3.63, 3.8) is 0 Å². The van der Waals surface area contributed by atoms with Crippen LogP contribution in [-0.2, 0) is 26.2 Å². The molecule has 0 aliphatic carbocycles. The van der Waals surface area contributed by atoms with Crippen LogP contribution in [0, 0.1) is 12.7 Å². The Morgan fingerprint density at radius 2 is 1.74 bits per heavy atom. The largest absolute Gasteiger partial charge is 0.352 e. The zero-order valence-electron chi connectivity index (χ0n) is 20.4. The molecule has 0 aromatic heterocycles. The van der Waals surface area contributed by atoms with E-state index in [9.17, 15) is 22.4 Å². The van der Waals surface area contributed by atoms with Crippen LogP contribution < -0.4 is 9.62 Å². The van der Waals surface area contributed by atoms with Crippen molar-refractivity contribution in [3.8, 4) is 0 Å². The van der Waals surface area contributed by atoms with Crippen molar-refractivity contribution < 1.29 is 22.4 Å². The molecule has 2 aromatic carbocycles. The summed E-state index contributed by atoms with van der Waals surface area (Å²) < 4.78 is 40.2. The second-order valence-corrected chi connectivity index (χ2v) is 10.4. The monoisotopic (exact) mass is 491 g/mol. The van der Waals surface area contributed by atoms with Gasteiger partial charge >= 0.3 is 0 Å². The van der Waals surface area contributed by atoms with Gasteiger partial charge < -0.3 is 10.2 Å². The summed E-state index contributed by atoms with van der Waals surface area (Å²) in [5.41, 5.74) is 1.58. The molecule has 7 nitrogen and oxygen atoms in total. The highest BCUT2D eigenvalue weighted by Gasteiger charge is 2.32. The molecule has 0 unspecified atom stereocenters. The van der Waals surface area contributed by atoms with Gasteiger partial charge in [-0.3, -0.25) is 13.9 Å². The number of carbonyl (C=O) groups is 2. The third-order valence-electron chi connectivity index (χ3n) is 5.62. The van der Waals surface area contributed by atoms with E-state index in [0.717, 1.165) is 34.2 Å². The molecule has 0 fully saturated rings. The summed E-state index contributed by atoms with van der Waals surface area (Å²) in [5.74, 6) is -1.66. The molecule has 0 saturated heterocycles. The molecular formula is C25H34FN3O4S. The van der Waals surface area contributed by atoms with Crippen LogP contribution in [0.25, 0.3) is 0 Å². The van der Waals surface area contributed by atoms with Gasteiger partial charge in [-0.1, -0.05) is 55.8 Å². The Kier molecular flexibility index (Phi) is 9.61. The Hall–Kier alpha value is -2.94. The normalized spacial score (nSPS) is 13.1. The van der Waals surface area contributed by atoms with Crippen LogP contribution in [0.1, 0.15) is 44.7 Å². The van der Waals surface area contributed by atoms with E-state index in [1.165, 1.54) is 23.1 Å². The topological polar surface area (TPSA) is 86.8 Å². The zero-order chi connectivity index (χ0) is 25.5. The van der Waals surface area contributed by atoms with Crippen molar-refractivity contribution >= 4 is 27.5 Å². The molecule has 0 spiro atoms. The maximum Gasteiger partial charge on any atom is 0.244 e. The fourth-order valence-corrected chi connectivity index (χ4v) is 4.47. The maximum absolute atomic E-state index is 14.5. The molecule has 0 aliphatic rings. The summed E-state index contributed by atoms with van der Waals surface area (Å²) in [6, 6.07) is 12.0. The number of nitrogens with one attached hydrogen (secondary N) is 1. The average molecular weight is 492 g/mol. The van der Waals surface area contributed by atoms with Crippen molar-refractivity contribution in [3.05, 3.63) is 65.5 Å². The van der Waals surface area contributed by atoms with E-state index in [-0.39, 0.29) is 24.2 Å². The first-order valence-corrected chi connectivity index (χ1v) is 13.2. The molecule has 0 radical (unpaired) electrons. The van der Waals surface area contributed by atoms with Crippen molar-refractivity contribution in [2.75, 3.05) is 17.1 Å². The Balaban J connectivity index is 2.45. The highest BCUT2D eigenvalue weighted by molar-refractivity contribution is 7.92. The van der Waals surface area contributed by atoms with Crippen LogP contribution >= 0.6 is 0 Å². The minimum atomic E-state index is -3.98. The molecule has 0 heterocycles. The predicted molar refractivity (Wildman–Crippen MR) is 132 cm³/mol. The lowest BCUT2D eigenvalue weighted by molar-refractivity contribution is -0.140. The van der Waals surface area contributed by atoms with Gasteiger partial charge in [-0.05, 0) is 44.4 Å². The van der Waals surface area contributed by atoms with E-state index in [2.05, 4.69) is 5.32 Å². The summed E-state index contributed by atoms with van der Waals surface area (Å²) in [5, 5.41) is 2.91. The van der Waals surface area contributed by atoms with Crippen LogP contribution in [0.4, 0.5) is 10.1 Å². The number of halogens is 1. The predicted octanol–water partition coefficient (Wildman–Crippen LogP) is 3.62. The van der Waals surface area contributed by atoms with E-state index in [0.29, 0.717) is 6.42 Å². The maximum atomic E-state index is 14.5. The first kappa shape index (κ1) is 27.3. The van der Waals surface area contributed by atoms with Crippen LogP contribution in [0.5, 0.6) is 0 Å². The van der Waals surface area contributed by atoms with E-state index < -0.39 is 34.3 Å². The lowest BCUT2D eigenvalue weighted by Crippen LogP contribution is -2.53. The molecule has 2 atom stereocenters. The molecule has 2 rings (SSSR count). The number of carbonyl (C=O) groups excluding carboxylic acids is 2. The van der Waals surface area contributed by atoms with Crippen molar-refractivity contribution in [1.82, 2.24) is 10.2 Å². The lowest BCUT2D eigenvalue weighted by atomic mass is 10.1. The Labute approximate surface area is 202 Å². The Morgan fingerprint density at radius 3 is 2.29 bits per heavy atom. The van der Waals surface area contributed by atoms with Crippen molar-refractivity contribution in [2.24, 2.45) is 0 Å². The molecule has 0 saturated carbocycles. The Morgan fingerprint density at radius 1 is 1.06 bits per heavy atom. The number of sulfonamides is 1. The van der Waals surface area contributed by atoms with Crippen molar-refractivity contribution in [1.29, 1.82) is 0 Å². The second kappa shape index (κ2) is 12.0. The summed E-state index contributed by atoms with van der Waals surface area (Å²) in [4.78, 5) is 28.0. The summed E-state index contributed by atoms with van der Waals surface area (Å²) in [7, 11) is -3.98. The van der Waals surface area contributed by atoms with Gasteiger partial charge in [-0.15, -0.1) is 0 Å². The fourth-order valence-electron chi connectivity index (χ4n) is 3.62. The number of amides is 2. The van der Waals surface area contributed by atoms with Gasteiger partial charge in [-0.2, -0.15) is 0 Å². The van der Waals surface area contributed by atoms with Gasteiger partial charge in [0, 0.05) is 12.6 Å². The second-order valence-electron chi connectivity index (χ2n) is 8.47. The number of aryl methyl sites for hydroxylation is 1. The number of para-hydroxylation sites is 1. The summed E-state index contributed by atoms with van der Waals surface area (Å²) >= 11 is 0. The SMILES string of the molecule is CC[C@H](C(=O)N[C@@H](C)CC)N(Cc1cccc(C)c1)C(=O)CN(c1ccccc1F)S(C)(=O)=O. The molecular weight excluding hydrogens is 457 g/mol. The van der Waals surface area contributed by atoms with Crippen LogP contribution in [0.2, 0.25) is 0 Å². The Bertz CT molecular complexity index is 1110. The lowest BCUT2D eigenvalue weighted by Gasteiger charge is -2.33. The molecule has 1 N–H and O–H groups in total. The van der Waals surface area contributed by atoms with Gasteiger partial charge in [-0.25, -0.2) is 12.8 Å². The summed E-state index contributed by atoms with van der Waals surface area (Å²) in [6.45, 7) is 7.02. The number of benzene rings is 2. The minimum absolute atomic E-state index is 0.0802. The van der Waals surface area contributed by atoms with E-state index in [1.807, 2.05) is 45.0 Å². The van der Waals surface area contributed by atoms with Gasteiger partial charge in [0.2, 0.25) is 21.8 Å². The van der Waals surface area contributed by atoms with Gasteiger partial charge in [0.15, 0.2) is 0 Å². The standard InChI is InChI=1S/C25H34FN3O4S/c1-6-19(4)27-25(31)22(7-2)28(16-20-12-10-11-18(3)15-20)24(30)17-29(34(5,32)33)23-14-9-8-13-21(23)26/h8-15,19,22H,6-7,16-17H2,1-5H3,(H,27,31)/t19-,22+/m0/s1. The number of anilines is 1. The first-order valence-electron chi connectivity index (χ1n) is 11.4.